The van der Waals surface area contributed by atoms with Crippen LogP contribution < -0.4 is 5.32 Å². The van der Waals surface area contributed by atoms with Gasteiger partial charge in [0.05, 0.1) is 6.10 Å². The zero-order chi connectivity index (χ0) is 17.5. The van der Waals surface area contributed by atoms with Gasteiger partial charge in [-0.25, -0.2) is 4.79 Å². The molecule has 0 bridgehead atoms. The quantitative estimate of drug-likeness (QED) is 0.827. The van der Waals surface area contributed by atoms with E-state index in [1.54, 1.807) is 51.0 Å². The number of carbonyl (C=O) groups excluding carboxylic acids is 2. The van der Waals surface area contributed by atoms with Crippen molar-refractivity contribution in [3.8, 4) is 0 Å². The number of hydrogen-bond donors (Lipinski definition) is 1. The summed E-state index contributed by atoms with van der Waals surface area (Å²) in [6.45, 7) is 8.03. The lowest BCUT2D eigenvalue weighted by atomic mass is 10.2. The summed E-state index contributed by atoms with van der Waals surface area (Å²) in [7, 11) is 1.74. The molecule has 0 aromatic carbocycles. The minimum absolute atomic E-state index is 0.0161. The Morgan fingerprint density at radius 3 is 2.65 bits per heavy atom. The van der Waals surface area contributed by atoms with Gasteiger partial charge in [-0.3, -0.25) is 4.79 Å². The predicted molar refractivity (Wildman–Crippen MR) is 90.4 cm³/mol. The van der Waals surface area contributed by atoms with E-state index in [4.69, 9.17) is 9.47 Å². The van der Waals surface area contributed by atoms with Crippen molar-refractivity contribution in [3.63, 3.8) is 0 Å². The first kappa shape index (κ1) is 19.4. The van der Waals surface area contributed by atoms with Gasteiger partial charge in [0.2, 0.25) is 5.91 Å². The summed E-state index contributed by atoms with van der Waals surface area (Å²) in [5.41, 5.74) is 0.569. The van der Waals surface area contributed by atoms with Crippen molar-refractivity contribution in [2.24, 2.45) is 0 Å². The number of carbonyl (C=O) groups is 2. The monoisotopic (exact) mass is 342 g/mol. The normalized spacial score (nSPS) is 12.6. The molecule has 1 N–H and O–H groups in total. The topological polar surface area (TPSA) is 67.9 Å². The lowest BCUT2D eigenvalue weighted by Crippen LogP contribution is -2.38. The lowest BCUT2D eigenvalue weighted by Gasteiger charge is -2.21. The summed E-state index contributed by atoms with van der Waals surface area (Å²) in [5, 5.41) is 6.61. The highest BCUT2D eigenvalue weighted by atomic mass is 32.1. The van der Waals surface area contributed by atoms with Gasteiger partial charge >= 0.3 is 6.09 Å². The molecule has 1 atom stereocenters. The molecule has 1 rings (SSSR count). The molecule has 0 saturated carbocycles. The van der Waals surface area contributed by atoms with Crippen molar-refractivity contribution in [1.82, 2.24) is 10.2 Å². The van der Waals surface area contributed by atoms with Gasteiger partial charge in [0.15, 0.2) is 0 Å². The molecular formula is C16H26N2O4S. The second-order valence-corrected chi connectivity index (χ2v) is 7.17. The molecule has 0 aliphatic heterocycles. The SMILES string of the molecule is CC(CNC(=O)OC(C)(C)C)OCC(=O)N(C)Cc1ccsc1. The molecule has 6 nitrogen and oxygen atoms in total. The third-order valence-corrected chi connectivity index (χ3v) is 3.58. The van der Waals surface area contributed by atoms with E-state index in [9.17, 15) is 9.59 Å². The van der Waals surface area contributed by atoms with Gasteiger partial charge < -0.3 is 19.7 Å². The molecule has 0 fully saturated rings. The number of likely N-dealkylation sites (N-methyl/N-ethyl adjacent to an activating group) is 1. The van der Waals surface area contributed by atoms with Crippen molar-refractivity contribution < 1.29 is 19.1 Å². The Hall–Kier alpha value is -1.60. The van der Waals surface area contributed by atoms with Crippen LogP contribution in [0.2, 0.25) is 0 Å². The third-order valence-electron chi connectivity index (χ3n) is 2.85. The minimum atomic E-state index is -0.533. The Labute approximate surface area is 141 Å². The van der Waals surface area contributed by atoms with Gasteiger partial charge in [0.1, 0.15) is 12.2 Å². The van der Waals surface area contributed by atoms with E-state index in [2.05, 4.69) is 5.32 Å². The second kappa shape index (κ2) is 8.88. The molecule has 1 unspecified atom stereocenters. The van der Waals surface area contributed by atoms with Crippen LogP contribution in [0.4, 0.5) is 4.79 Å². The number of hydrogen-bond acceptors (Lipinski definition) is 5. The molecule has 1 aromatic rings. The van der Waals surface area contributed by atoms with Crippen molar-refractivity contribution in [3.05, 3.63) is 22.4 Å². The first-order chi connectivity index (χ1) is 10.7. The van der Waals surface area contributed by atoms with Gasteiger partial charge in [0, 0.05) is 20.1 Å². The van der Waals surface area contributed by atoms with Crippen molar-refractivity contribution in [2.75, 3.05) is 20.2 Å². The molecule has 7 heteroatoms. The van der Waals surface area contributed by atoms with E-state index in [1.807, 2.05) is 16.8 Å². The number of rotatable bonds is 7. The number of ether oxygens (including phenoxy) is 2. The van der Waals surface area contributed by atoms with Crippen LogP contribution in [0.3, 0.4) is 0 Å². The summed E-state index contributed by atoms with van der Waals surface area (Å²) in [6.07, 6.45) is -0.769. The Balaban J connectivity index is 2.23. The highest BCUT2D eigenvalue weighted by molar-refractivity contribution is 7.07. The van der Waals surface area contributed by atoms with E-state index in [-0.39, 0.29) is 25.2 Å². The zero-order valence-corrected chi connectivity index (χ0v) is 15.2. The first-order valence-electron chi connectivity index (χ1n) is 7.51. The highest BCUT2D eigenvalue weighted by Crippen LogP contribution is 2.09. The van der Waals surface area contributed by atoms with Crippen molar-refractivity contribution in [1.29, 1.82) is 0 Å². The molecule has 23 heavy (non-hydrogen) atoms. The fourth-order valence-electron chi connectivity index (χ4n) is 1.67. The molecule has 0 saturated heterocycles. The smallest absolute Gasteiger partial charge is 0.407 e. The van der Waals surface area contributed by atoms with Gasteiger partial charge in [-0.05, 0) is 50.1 Å². The van der Waals surface area contributed by atoms with Crippen LogP contribution in [-0.4, -0.2) is 48.8 Å². The molecule has 1 aromatic heterocycles. The van der Waals surface area contributed by atoms with Crippen LogP contribution in [0.1, 0.15) is 33.3 Å². The second-order valence-electron chi connectivity index (χ2n) is 6.39. The van der Waals surface area contributed by atoms with Crippen LogP contribution in [0.25, 0.3) is 0 Å². The number of nitrogens with one attached hydrogen (secondary N) is 1. The fourth-order valence-corrected chi connectivity index (χ4v) is 2.33. The summed E-state index contributed by atoms with van der Waals surface area (Å²) in [5.74, 6) is -0.0969. The molecule has 2 amide bonds. The van der Waals surface area contributed by atoms with Crippen LogP contribution in [0.15, 0.2) is 16.8 Å². The average molecular weight is 342 g/mol. The van der Waals surface area contributed by atoms with E-state index < -0.39 is 11.7 Å². The largest absolute Gasteiger partial charge is 0.444 e. The molecule has 0 aliphatic carbocycles. The summed E-state index contributed by atoms with van der Waals surface area (Å²) >= 11 is 1.60. The lowest BCUT2D eigenvalue weighted by molar-refractivity contribution is -0.137. The predicted octanol–water partition coefficient (Wildman–Crippen LogP) is 2.64. The standard InChI is InChI=1S/C16H26N2O4S/c1-12(8-17-15(20)22-16(2,3)4)21-10-14(19)18(5)9-13-6-7-23-11-13/h6-7,11-12H,8-10H2,1-5H3,(H,17,20). The maximum atomic E-state index is 12.0. The highest BCUT2D eigenvalue weighted by Gasteiger charge is 2.17. The molecule has 130 valence electrons. The third kappa shape index (κ3) is 8.56. The maximum absolute atomic E-state index is 12.0. The molecular weight excluding hydrogens is 316 g/mol. The molecule has 0 radical (unpaired) electrons. The molecule has 0 spiro atoms. The summed E-state index contributed by atoms with van der Waals surface area (Å²) in [6, 6.07) is 1.99. The zero-order valence-electron chi connectivity index (χ0n) is 14.4. The van der Waals surface area contributed by atoms with Gasteiger partial charge in [-0.15, -0.1) is 0 Å². The molecule has 1 heterocycles. The van der Waals surface area contributed by atoms with Crippen molar-refractivity contribution >= 4 is 23.3 Å². The minimum Gasteiger partial charge on any atom is -0.444 e. The Morgan fingerprint density at radius 1 is 1.39 bits per heavy atom. The first-order valence-corrected chi connectivity index (χ1v) is 8.45. The van der Waals surface area contributed by atoms with Crippen LogP contribution >= 0.6 is 11.3 Å². The number of amides is 2. The fraction of sp³-hybridized carbons (Fsp3) is 0.625. The Bertz CT molecular complexity index is 497. The summed E-state index contributed by atoms with van der Waals surface area (Å²) < 4.78 is 10.6. The van der Waals surface area contributed by atoms with Crippen LogP contribution in [0, 0.1) is 0 Å². The van der Waals surface area contributed by atoms with Gasteiger partial charge in [-0.2, -0.15) is 11.3 Å². The van der Waals surface area contributed by atoms with E-state index in [1.165, 1.54) is 0 Å². The Kier molecular flexibility index (Phi) is 7.51. The van der Waals surface area contributed by atoms with Crippen LogP contribution in [-0.2, 0) is 20.8 Å². The van der Waals surface area contributed by atoms with E-state index in [0.717, 1.165) is 5.56 Å². The Morgan fingerprint density at radius 2 is 2.09 bits per heavy atom. The van der Waals surface area contributed by atoms with Crippen LogP contribution in [0.5, 0.6) is 0 Å². The number of thiophene rings is 1. The number of nitrogens with zero attached hydrogens (tertiary/aromatic N) is 1. The van der Waals surface area contributed by atoms with E-state index >= 15 is 0 Å². The molecule has 0 aliphatic rings. The average Bonchev–Trinajstić information content (AvgIpc) is 2.93. The van der Waals surface area contributed by atoms with Crippen molar-refractivity contribution in [2.45, 2.75) is 45.9 Å². The van der Waals surface area contributed by atoms with E-state index in [0.29, 0.717) is 6.54 Å². The van der Waals surface area contributed by atoms with Gasteiger partial charge in [0.25, 0.3) is 0 Å². The maximum Gasteiger partial charge on any atom is 0.407 e. The number of alkyl carbamates (subject to hydrolysis) is 1. The summed E-state index contributed by atoms with van der Waals surface area (Å²) in [4.78, 5) is 25.1. The van der Waals surface area contributed by atoms with Gasteiger partial charge in [-0.1, -0.05) is 0 Å².